The smallest absolute Gasteiger partial charge is 0.191 e. The van der Waals surface area contributed by atoms with Gasteiger partial charge in [0.2, 0.25) is 0 Å². The summed E-state index contributed by atoms with van der Waals surface area (Å²) < 4.78 is 7.40. The molecule has 7 heteroatoms. The van der Waals surface area contributed by atoms with E-state index < -0.39 is 0 Å². The Hall–Kier alpha value is -3.06. The third kappa shape index (κ3) is 5.59. The number of nitrogens with zero attached hydrogens (tertiary/aromatic N) is 4. The van der Waals surface area contributed by atoms with E-state index in [9.17, 15) is 0 Å². The molecule has 2 N–H and O–H groups in total. The van der Waals surface area contributed by atoms with E-state index in [1.54, 1.807) is 7.11 Å². The molecule has 0 radical (unpaired) electrons. The van der Waals surface area contributed by atoms with Gasteiger partial charge in [-0.15, -0.1) is 0 Å². The normalized spacial score (nSPS) is 15.8. The van der Waals surface area contributed by atoms with E-state index in [1.807, 2.05) is 36.5 Å². The molecule has 1 saturated heterocycles. The number of aromatic nitrogens is 2. The maximum absolute atomic E-state index is 5.34. The van der Waals surface area contributed by atoms with Crippen LogP contribution in [0.2, 0.25) is 0 Å². The minimum absolute atomic E-state index is 0.275. The first-order valence-electron chi connectivity index (χ1n) is 11.6. The highest BCUT2D eigenvalue weighted by molar-refractivity contribution is 5.79. The van der Waals surface area contributed by atoms with Crippen LogP contribution in [0.25, 0.3) is 5.65 Å². The Balaban J connectivity index is 1.40. The average Bonchev–Trinajstić information content (AvgIpc) is 3.49. The maximum atomic E-state index is 5.34. The summed E-state index contributed by atoms with van der Waals surface area (Å²) in [5, 5.41) is 6.87. The lowest BCUT2D eigenvalue weighted by Gasteiger charge is -2.27. The van der Waals surface area contributed by atoms with Gasteiger partial charge >= 0.3 is 0 Å². The molecule has 0 saturated carbocycles. The molecule has 7 nitrogen and oxygen atoms in total. The van der Waals surface area contributed by atoms with Gasteiger partial charge in [-0.05, 0) is 62.7 Å². The van der Waals surface area contributed by atoms with Gasteiger partial charge in [0.1, 0.15) is 11.4 Å². The highest BCUT2D eigenvalue weighted by Crippen LogP contribution is 2.27. The number of fused-ring (bicyclic) bond motifs is 1. The monoisotopic (exact) mass is 434 g/mol. The first kappa shape index (κ1) is 22.1. The maximum Gasteiger partial charge on any atom is 0.191 e. The Bertz CT molecular complexity index is 974. The molecule has 0 aliphatic carbocycles. The molecular formula is C25H34N6O. The van der Waals surface area contributed by atoms with Crippen molar-refractivity contribution in [1.29, 1.82) is 0 Å². The van der Waals surface area contributed by atoms with Gasteiger partial charge in [-0.1, -0.05) is 18.2 Å². The van der Waals surface area contributed by atoms with Crippen molar-refractivity contribution in [2.75, 3.05) is 39.8 Å². The molecule has 0 spiro atoms. The van der Waals surface area contributed by atoms with E-state index in [-0.39, 0.29) is 6.04 Å². The van der Waals surface area contributed by atoms with Gasteiger partial charge in [0.25, 0.3) is 0 Å². The number of ether oxygens (including phenoxy) is 1. The molecule has 1 aliphatic heterocycles. The lowest BCUT2D eigenvalue weighted by molar-refractivity contribution is 0.251. The lowest BCUT2D eigenvalue weighted by Crippen LogP contribution is -2.39. The number of aliphatic imine (C=N–C) groups is 1. The van der Waals surface area contributed by atoms with Gasteiger partial charge in [0.15, 0.2) is 5.96 Å². The van der Waals surface area contributed by atoms with Crippen LogP contribution in [0.1, 0.15) is 37.1 Å². The van der Waals surface area contributed by atoms with Crippen LogP contribution in [0, 0.1) is 0 Å². The quantitative estimate of drug-likeness (QED) is 0.400. The van der Waals surface area contributed by atoms with E-state index in [0.717, 1.165) is 62.2 Å². The average molecular weight is 435 g/mol. The van der Waals surface area contributed by atoms with Gasteiger partial charge in [-0.2, -0.15) is 0 Å². The van der Waals surface area contributed by atoms with Gasteiger partial charge in [-0.25, -0.2) is 4.98 Å². The number of benzene rings is 1. The fourth-order valence-corrected chi connectivity index (χ4v) is 4.25. The number of guanidine groups is 1. The summed E-state index contributed by atoms with van der Waals surface area (Å²) in [7, 11) is 1.71. The standard InChI is InChI=1S/C25H34N6O/c1-3-26-25(27-14-13-21-19-31-17-5-4-8-24(31)29-21)28-18-23(30-15-6-7-16-30)20-9-11-22(32-2)12-10-20/h4-5,8-12,17,19,23H,3,6-7,13-16,18H2,1-2H3,(H2,26,27,28). The number of imidazole rings is 1. The van der Waals surface area contributed by atoms with E-state index in [4.69, 9.17) is 9.73 Å². The topological polar surface area (TPSA) is 66.2 Å². The second-order valence-electron chi connectivity index (χ2n) is 8.13. The number of likely N-dealkylation sites (tertiary alicyclic amines) is 1. The molecule has 1 aliphatic rings. The summed E-state index contributed by atoms with van der Waals surface area (Å²) >= 11 is 0. The van der Waals surface area contributed by atoms with Crippen LogP contribution in [0.15, 0.2) is 59.9 Å². The molecule has 2 aromatic heterocycles. The van der Waals surface area contributed by atoms with Crippen LogP contribution < -0.4 is 15.4 Å². The third-order valence-corrected chi connectivity index (χ3v) is 5.94. The van der Waals surface area contributed by atoms with Crippen LogP contribution in [0.4, 0.5) is 0 Å². The summed E-state index contributed by atoms with van der Waals surface area (Å²) in [5.41, 5.74) is 3.35. The number of rotatable bonds is 9. The molecular weight excluding hydrogens is 400 g/mol. The van der Waals surface area contributed by atoms with Crippen LogP contribution in [-0.4, -0.2) is 60.1 Å². The second kappa shape index (κ2) is 11.0. The Morgan fingerprint density at radius 1 is 1.12 bits per heavy atom. The van der Waals surface area contributed by atoms with Crippen molar-refractivity contribution in [3.63, 3.8) is 0 Å². The van der Waals surface area contributed by atoms with Crippen LogP contribution in [-0.2, 0) is 6.42 Å². The molecule has 1 fully saturated rings. The van der Waals surface area contributed by atoms with Gasteiger partial charge < -0.3 is 19.8 Å². The summed E-state index contributed by atoms with van der Waals surface area (Å²) in [6, 6.07) is 14.8. The summed E-state index contributed by atoms with van der Waals surface area (Å²) in [6.45, 7) is 6.69. The van der Waals surface area contributed by atoms with Crippen LogP contribution >= 0.6 is 0 Å². The molecule has 32 heavy (non-hydrogen) atoms. The Labute approximate surface area is 190 Å². The Morgan fingerprint density at radius 2 is 1.94 bits per heavy atom. The zero-order chi connectivity index (χ0) is 22.2. The van der Waals surface area contributed by atoms with Crippen molar-refractivity contribution < 1.29 is 4.74 Å². The molecule has 0 bridgehead atoms. The molecule has 3 aromatic rings. The number of nitrogens with one attached hydrogen (secondary N) is 2. The third-order valence-electron chi connectivity index (χ3n) is 5.94. The highest BCUT2D eigenvalue weighted by atomic mass is 16.5. The van der Waals surface area contributed by atoms with Gasteiger partial charge in [0.05, 0.1) is 25.4 Å². The summed E-state index contributed by atoms with van der Waals surface area (Å²) in [4.78, 5) is 12.2. The van der Waals surface area contributed by atoms with Gasteiger partial charge in [-0.3, -0.25) is 9.89 Å². The summed E-state index contributed by atoms with van der Waals surface area (Å²) in [5.74, 6) is 1.74. The minimum Gasteiger partial charge on any atom is -0.497 e. The zero-order valence-corrected chi connectivity index (χ0v) is 19.1. The van der Waals surface area contributed by atoms with E-state index >= 15 is 0 Å². The van der Waals surface area contributed by atoms with Crippen LogP contribution in [0.3, 0.4) is 0 Å². The minimum atomic E-state index is 0.275. The largest absolute Gasteiger partial charge is 0.497 e. The second-order valence-corrected chi connectivity index (χ2v) is 8.13. The fraction of sp³-hybridized carbons (Fsp3) is 0.440. The number of methoxy groups -OCH3 is 1. The van der Waals surface area contributed by atoms with Crippen molar-refractivity contribution in [3.05, 3.63) is 66.1 Å². The van der Waals surface area contributed by atoms with Gasteiger partial charge in [0, 0.05) is 31.9 Å². The highest BCUT2D eigenvalue weighted by Gasteiger charge is 2.23. The van der Waals surface area contributed by atoms with Crippen molar-refractivity contribution >= 4 is 11.6 Å². The van der Waals surface area contributed by atoms with Crippen molar-refractivity contribution in [2.45, 2.75) is 32.2 Å². The van der Waals surface area contributed by atoms with Crippen LogP contribution in [0.5, 0.6) is 5.75 Å². The molecule has 4 rings (SSSR count). The molecule has 1 unspecified atom stereocenters. The predicted octanol–water partition coefficient (Wildman–Crippen LogP) is 3.28. The number of pyridine rings is 1. The number of hydrogen-bond acceptors (Lipinski definition) is 4. The predicted molar refractivity (Wildman–Crippen MR) is 129 cm³/mol. The molecule has 1 atom stereocenters. The molecule has 3 heterocycles. The van der Waals surface area contributed by atoms with Crippen molar-refractivity contribution in [2.24, 2.45) is 4.99 Å². The summed E-state index contributed by atoms with van der Waals surface area (Å²) in [6.07, 6.45) is 7.48. The fourth-order valence-electron chi connectivity index (χ4n) is 4.25. The van der Waals surface area contributed by atoms with E-state index in [0.29, 0.717) is 0 Å². The number of hydrogen-bond donors (Lipinski definition) is 2. The Kier molecular flexibility index (Phi) is 7.61. The Morgan fingerprint density at radius 3 is 2.66 bits per heavy atom. The first-order chi connectivity index (χ1) is 15.8. The SMILES string of the molecule is CCNC(=NCC(c1ccc(OC)cc1)N1CCCC1)NCCc1cn2ccccc2n1. The van der Waals surface area contributed by atoms with E-state index in [2.05, 4.69) is 50.2 Å². The van der Waals surface area contributed by atoms with Crippen molar-refractivity contribution in [3.8, 4) is 5.75 Å². The van der Waals surface area contributed by atoms with E-state index in [1.165, 1.54) is 18.4 Å². The first-order valence-corrected chi connectivity index (χ1v) is 11.6. The van der Waals surface area contributed by atoms with Crippen molar-refractivity contribution in [1.82, 2.24) is 24.9 Å². The molecule has 1 aromatic carbocycles. The molecule has 0 amide bonds. The molecule has 170 valence electrons. The lowest BCUT2D eigenvalue weighted by atomic mass is 10.1. The zero-order valence-electron chi connectivity index (χ0n) is 19.1.